The number of anilines is 1. The monoisotopic (exact) mass is 170 g/mol. The van der Waals surface area contributed by atoms with Gasteiger partial charge in [-0.05, 0) is 6.42 Å². The maximum Gasteiger partial charge on any atom is 0.180 e. The molecule has 0 aliphatic carbocycles. The second-order valence-electron chi connectivity index (χ2n) is 2.49. The van der Waals surface area contributed by atoms with Gasteiger partial charge in [0.05, 0.1) is 5.69 Å². The molecule has 0 aromatic carbocycles. The summed E-state index contributed by atoms with van der Waals surface area (Å²) in [6, 6.07) is 0. The Morgan fingerprint density at radius 2 is 2.64 bits per heavy atom. The average Bonchev–Trinajstić information content (AvgIpc) is 2.35. The molecule has 3 nitrogen and oxygen atoms in total. The zero-order chi connectivity index (χ0) is 8.27. The van der Waals surface area contributed by atoms with E-state index in [4.69, 9.17) is 5.73 Å². The Bertz CT molecular complexity index is 246. The first-order valence-corrected chi connectivity index (χ1v) is 4.25. The smallest absolute Gasteiger partial charge is 0.180 e. The molecule has 0 saturated heterocycles. The van der Waals surface area contributed by atoms with Crippen LogP contribution in [0.3, 0.4) is 0 Å². The van der Waals surface area contributed by atoms with E-state index >= 15 is 0 Å². The summed E-state index contributed by atoms with van der Waals surface area (Å²) in [7, 11) is 0. The lowest BCUT2D eigenvalue weighted by Crippen LogP contribution is -2.00. The maximum atomic E-state index is 10.3. The van der Waals surface area contributed by atoms with Crippen LogP contribution in [0.1, 0.15) is 12.6 Å². The first-order valence-electron chi connectivity index (χ1n) is 3.37. The second-order valence-corrected chi connectivity index (χ2v) is 3.38. The van der Waals surface area contributed by atoms with Gasteiger partial charge in [-0.1, -0.05) is 6.92 Å². The normalized spacial score (nSPS) is 12.8. The van der Waals surface area contributed by atoms with Crippen LogP contribution in [0, 0.1) is 5.92 Å². The number of aromatic nitrogens is 1. The average molecular weight is 170 g/mol. The van der Waals surface area contributed by atoms with Crippen LogP contribution >= 0.6 is 11.3 Å². The highest BCUT2D eigenvalue weighted by Crippen LogP contribution is 2.13. The van der Waals surface area contributed by atoms with E-state index in [1.54, 1.807) is 0 Å². The number of aldehydes is 1. The first-order chi connectivity index (χ1) is 5.22. The molecule has 1 aromatic heterocycles. The van der Waals surface area contributed by atoms with E-state index < -0.39 is 0 Å². The minimum Gasteiger partial charge on any atom is -0.375 e. The van der Waals surface area contributed by atoms with Gasteiger partial charge in [-0.3, -0.25) is 0 Å². The van der Waals surface area contributed by atoms with Crippen LogP contribution in [0.5, 0.6) is 0 Å². The van der Waals surface area contributed by atoms with Crippen LogP contribution < -0.4 is 5.73 Å². The Morgan fingerprint density at radius 1 is 1.91 bits per heavy atom. The Hall–Kier alpha value is -0.900. The fourth-order valence-electron chi connectivity index (χ4n) is 0.794. The van der Waals surface area contributed by atoms with E-state index in [1.165, 1.54) is 11.3 Å². The van der Waals surface area contributed by atoms with E-state index in [0.29, 0.717) is 11.6 Å². The molecule has 0 radical (unpaired) electrons. The number of thiazole rings is 1. The van der Waals surface area contributed by atoms with Crippen LogP contribution in [0.15, 0.2) is 5.38 Å². The summed E-state index contributed by atoms with van der Waals surface area (Å²) in [5.41, 5.74) is 6.32. The van der Waals surface area contributed by atoms with Gasteiger partial charge >= 0.3 is 0 Å². The van der Waals surface area contributed by atoms with Crippen LogP contribution in [-0.2, 0) is 11.2 Å². The quantitative estimate of drug-likeness (QED) is 0.691. The molecule has 1 aromatic rings. The molecular formula is C7H10N2OS. The number of nitrogens with two attached hydrogens (primary N) is 1. The number of hydrogen-bond acceptors (Lipinski definition) is 4. The Morgan fingerprint density at radius 3 is 3.09 bits per heavy atom. The second kappa shape index (κ2) is 3.48. The van der Waals surface area contributed by atoms with E-state index in [1.807, 2.05) is 12.3 Å². The van der Waals surface area contributed by atoms with Crippen LogP contribution in [0.4, 0.5) is 5.13 Å². The van der Waals surface area contributed by atoms with Crippen molar-refractivity contribution in [1.29, 1.82) is 0 Å². The van der Waals surface area contributed by atoms with Crippen molar-refractivity contribution in [3.8, 4) is 0 Å². The molecule has 0 aliphatic heterocycles. The molecule has 1 atom stereocenters. The van der Waals surface area contributed by atoms with Gasteiger partial charge in [0, 0.05) is 11.3 Å². The number of rotatable bonds is 3. The van der Waals surface area contributed by atoms with Gasteiger partial charge < -0.3 is 10.5 Å². The lowest BCUT2D eigenvalue weighted by atomic mass is 10.1. The first kappa shape index (κ1) is 8.20. The summed E-state index contributed by atoms with van der Waals surface area (Å²) < 4.78 is 0. The molecular weight excluding hydrogens is 160 g/mol. The van der Waals surface area contributed by atoms with Crippen LogP contribution in [0.2, 0.25) is 0 Å². The van der Waals surface area contributed by atoms with Crippen molar-refractivity contribution in [3.05, 3.63) is 11.1 Å². The molecule has 1 rings (SSSR count). The summed E-state index contributed by atoms with van der Waals surface area (Å²) in [6.07, 6.45) is 1.62. The van der Waals surface area contributed by atoms with Crippen LogP contribution in [0.25, 0.3) is 0 Å². The minimum atomic E-state index is 0.0384. The van der Waals surface area contributed by atoms with E-state index in [9.17, 15) is 4.79 Å². The molecule has 0 spiro atoms. The van der Waals surface area contributed by atoms with Crippen molar-refractivity contribution >= 4 is 22.8 Å². The van der Waals surface area contributed by atoms with Crippen molar-refractivity contribution in [2.45, 2.75) is 13.3 Å². The number of carbonyl (C=O) groups excluding carboxylic acids is 1. The van der Waals surface area contributed by atoms with Gasteiger partial charge in [-0.15, -0.1) is 11.3 Å². The minimum absolute atomic E-state index is 0.0384. The van der Waals surface area contributed by atoms with Gasteiger partial charge in [0.15, 0.2) is 5.13 Å². The summed E-state index contributed by atoms with van der Waals surface area (Å²) in [5.74, 6) is 0.0384. The van der Waals surface area contributed by atoms with Crippen molar-refractivity contribution in [2.24, 2.45) is 5.92 Å². The number of nitrogens with zero attached hydrogens (tertiary/aromatic N) is 1. The molecule has 0 bridgehead atoms. The summed E-state index contributed by atoms with van der Waals surface area (Å²) in [6.45, 7) is 1.86. The fourth-order valence-corrected chi connectivity index (χ4v) is 1.37. The Balaban J connectivity index is 2.57. The Kier molecular flexibility index (Phi) is 2.59. The standard InChI is InChI=1S/C7H10N2OS/c1-5(3-10)2-6-4-11-7(8)9-6/h3-5H,2H2,1H3,(H2,8,9)/t5-/m0/s1. The predicted molar refractivity (Wildman–Crippen MR) is 45.5 cm³/mol. The zero-order valence-electron chi connectivity index (χ0n) is 6.28. The number of hydrogen-bond donors (Lipinski definition) is 1. The molecule has 4 heteroatoms. The van der Waals surface area contributed by atoms with E-state index in [0.717, 1.165) is 12.0 Å². The molecule has 2 N–H and O–H groups in total. The molecule has 0 unspecified atom stereocenters. The maximum absolute atomic E-state index is 10.3. The third kappa shape index (κ3) is 2.31. The summed E-state index contributed by atoms with van der Waals surface area (Å²) in [4.78, 5) is 14.3. The van der Waals surface area contributed by atoms with Crippen molar-refractivity contribution in [2.75, 3.05) is 5.73 Å². The van der Waals surface area contributed by atoms with E-state index in [-0.39, 0.29) is 5.92 Å². The predicted octanol–water partition coefficient (Wildman–Crippen LogP) is 1.10. The molecule has 1 heterocycles. The largest absolute Gasteiger partial charge is 0.375 e. The summed E-state index contributed by atoms with van der Waals surface area (Å²) in [5, 5.41) is 2.45. The summed E-state index contributed by atoms with van der Waals surface area (Å²) >= 11 is 1.41. The molecule has 0 aliphatic rings. The Labute approximate surface area is 69.3 Å². The highest BCUT2D eigenvalue weighted by molar-refractivity contribution is 7.13. The molecule has 11 heavy (non-hydrogen) atoms. The zero-order valence-corrected chi connectivity index (χ0v) is 7.10. The van der Waals surface area contributed by atoms with Gasteiger partial charge in [-0.25, -0.2) is 4.98 Å². The van der Waals surface area contributed by atoms with Crippen molar-refractivity contribution in [3.63, 3.8) is 0 Å². The van der Waals surface area contributed by atoms with Gasteiger partial charge in [0.1, 0.15) is 6.29 Å². The molecule has 0 amide bonds. The fraction of sp³-hybridized carbons (Fsp3) is 0.429. The van der Waals surface area contributed by atoms with Crippen molar-refractivity contribution < 1.29 is 4.79 Å². The van der Waals surface area contributed by atoms with Gasteiger partial charge in [-0.2, -0.15) is 0 Å². The number of carbonyl (C=O) groups is 1. The highest BCUT2D eigenvalue weighted by Gasteiger charge is 2.04. The van der Waals surface area contributed by atoms with Crippen LogP contribution in [-0.4, -0.2) is 11.3 Å². The number of nitrogen functional groups attached to an aromatic ring is 1. The highest BCUT2D eigenvalue weighted by atomic mass is 32.1. The lowest BCUT2D eigenvalue weighted by Gasteiger charge is -1.97. The van der Waals surface area contributed by atoms with Gasteiger partial charge in [0.2, 0.25) is 0 Å². The molecule has 60 valence electrons. The van der Waals surface area contributed by atoms with Gasteiger partial charge in [0.25, 0.3) is 0 Å². The van der Waals surface area contributed by atoms with E-state index in [2.05, 4.69) is 4.98 Å². The lowest BCUT2D eigenvalue weighted by molar-refractivity contribution is -0.110. The molecule has 0 saturated carbocycles. The van der Waals surface area contributed by atoms with Crippen molar-refractivity contribution in [1.82, 2.24) is 4.98 Å². The third-order valence-electron chi connectivity index (χ3n) is 1.33. The molecule has 0 fully saturated rings. The SMILES string of the molecule is C[C@H](C=O)Cc1csc(N)n1. The third-order valence-corrected chi connectivity index (χ3v) is 2.06. The topological polar surface area (TPSA) is 56.0 Å².